The summed E-state index contributed by atoms with van der Waals surface area (Å²) in [4.78, 5) is 35.3. The minimum Gasteiger partial charge on any atom is -0.295 e. The Balaban J connectivity index is 1.84. The van der Waals surface area contributed by atoms with Crippen molar-refractivity contribution in [2.45, 2.75) is 20.8 Å². The molecule has 3 aromatic rings. The van der Waals surface area contributed by atoms with Gasteiger partial charge in [-0.05, 0) is 50.1 Å². The van der Waals surface area contributed by atoms with Crippen LogP contribution in [-0.4, -0.2) is 26.8 Å². The van der Waals surface area contributed by atoms with Crippen molar-refractivity contribution in [2.24, 2.45) is 5.10 Å². The molecule has 0 unspecified atom stereocenters. The van der Waals surface area contributed by atoms with Gasteiger partial charge in [0.05, 0.1) is 22.4 Å². The van der Waals surface area contributed by atoms with Crippen molar-refractivity contribution in [1.29, 1.82) is 0 Å². The third kappa shape index (κ3) is 3.98. The number of hydrogen-bond donors (Lipinski definition) is 2. The van der Waals surface area contributed by atoms with Crippen molar-refractivity contribution in [3.63, 3.8) is 0 Å². The number of carbonyl (C=O) groups is 1. The molecule has 29 heavy (non-hydrogen) atoms. The molecule has 0 bridgehead atoms. The monoisotopic (exact) mass is 393 g/mol. The molecule has 0 fully saturated rings. The van der Waals surface area contributed by atoms with Gasteiger partial charge in [-0.25, -0.2) is 10.1 Å². The third-order valence-electron chi connectivity index (χ3n) is 4.57. The number of hydrogen-bond acceptors (Lipinski definition) is 5. The minimum absolute atomic E-state index is 0.118. The number of para-hydroxylation sites is 1. The van der Waals surface area contributed by atoms with Gasteiger partial charge in [0, 0.05) is 11.8 Å². The average molecular weight is 393 g/mol. The zero-order valence-corrected chi connectivity index (χ0v) is 16.1. The molecule has 1 aromatic heterocycles. The van der Waals surface area contributed by atoms with Gasteiger partial charge in [0.15, 0.2) is 0 Å². The normalized spacial score (nSPS) is 11.0. The second-order valence-corrected chi connectivity index (χ2v) is 6.53. The van der Waals surface area contributed by atoms with Crippen molar-refractivity contribution in [1.82, 2.24) is 15.2 Å². The van der Waals surface area contributed by atoms with Gasteiger partial charge in [0.2, 0.25) is 0 Å². The lowest BCUT2D eigenvalue weighted by Gasteiger charge is -2.05. The molecule has 0 saturated carbocycles. The van der Waals surface area contributed by atoms with Crippen LogP contribution in [0.3, 0.4) is 0 Å². The van der Waals surface area contributed by atoms with Crippen LogP contribution in [0.25, 0.3) is 5.69 Å². The molecule has 0 saturated heterocycles. The Morgan fingerprint density at radius 2 is 1.90 bits per heavy atom. The van der Waals surface area contributed by atoms with E-state index >= 15 is 0 Å². The van der Waals surface area contributed by atoms with E-state index in [0.717, 1.165) is 11.1 Å². The molecule has 9 heteroatoms. The lowest BCUT2D eigenvalue weighted by Crippen LogP contribution is -2.21. The van der Waals surface area contributed by atoms with Gasteiger partial charge in [-0.3, -0.25) is 24.8 Å². The van der Waals surface area contributed by atoms with Crippen LogP contribution in [0, 0.1) is 30.9 Å². The smallest absolute Gasteiger partial charge is 0.282 e. The lowest BCUT2D eigenvalue weighted by atomic mass is 10.1. The highest BCUT2D eigenvalue weighted by atomic mass is 16.6. The van der Waals surface area contributed by atoms with Gasteiger partial charge < -0.3 is 0 Å². The predicted octanol–water partition coefficient (Wildman–Crippen LogP) is 2.76. The largest absolute Gasteiger partial charge is 0.295 e. The molecule has 1 heterocycles. The first kappa shape index (κ1) is 19.7. The molecule has 0 spiro atoms. The van der Waals surface area contributed by atoms with Crippen LogP contribution in [0.2, 0.25) is 0 Å². The number of aryl methyl sites for hydroxylation is 3. The zero-order valence-electron chi connectivity index (χ0n) is 16.1. The van der Waals surface area contributed by atoms with E-state index in [2.05, 4.69) is 15.6 Å². The first-order chi connectivity index (χ1) is 13.8. The number of carbonyl (C=O) groups excluding carboxylic acids is 1. The van der Waals surface area contributed by atoms with E-state index < -0.39 is 10.8 Å². The fraction of sp³-hybridized carbons (Fsp3) is 0.150. The molecule has 148 valence electrons. The Morgan fingerprint density at radius 3 is 2.59 bits per heavy atom. The number of aromatic amines is 1. The van der Waals surface area contributed by atoms with Crippen LogP contribution in [-0.2, 0) is 0 Å². The summed E-state index contributed by atoms with van der Waals surface area (Å²) in [6.45, 7) is 5.66. The Labute approximate surface area is 165 Å². The average Bonchev–Trinajstić information content (AvgIpc) is 2.98. The number of nitrogens with one attached hydrogen (secondary N) is 2. The Morgan fingerprint density at radius 1 is 1.17 bits per heavy atom. The Bertz CT molecular complexity index is 1190. The van der Waals surface area contributed by atoms with E-state index in [1.165, 1.54) is 35.2 Å². The SMILES string of the molecule is Cc1ccc(-n2[nH]c(C)c(/C=N\NC(=O)c3ccccc3[N+](=O)[O-])c2=O)cc1C. The second-order valence-electron chi connectivity index (χ2n) is 6.53. The molecule has 2 N–H and O–H groups in total. The summed E-state index contributed by atoms with van der Waals surface area (Å²) in [6, 6.07) is 11.2. The number of H-pyrrole nitrogens is 1. The van der Waals surface area contributed by atoms with E-state index in [-0.39, 0.29) is 22.4 Å². The van der Waals surface area contributed by atoms with Crippen molar-refractivity contribution in [3.8, 4) is 5.69 Å². The van der Waals surface area contributed by atoms with Crippen LogP contribution in [0.4, 0.5) is 5.69 Å². The van der Waals surface area contributed by atoms with Gasteiger partial charge in [0.25, 0.3) is 17.2 Å². The summed E-state index contributed by atoms with van der Waals surface area (Å²) < 4.78 is 1.40. The molecule has 0 radical (unpaired) electrons. The van der Waals surface area contributed by atoms with Crippen LogP contribution in [0.1, 0.15) is 32.7 Å². The minimum atomic E-state index is -0.740. The molecule has 0 aliphatic heterocycles. The maximum absolute atomic E-state index is 12.7. The molecule has 2 aromatic carbocycles. The number of nitro benzene ring substituents is 1. The van der Waals surface area contributed by atoms with Crippen LogP contribution in [0.15, 0.2) is 52.4 Å². The Hall–Kier alpha value is -4.01. The van der Waals surface area contributed by atoms with E-state index in [9.17, 15) is 19.7 Å². The van der Waals surface area contributed by atoms with Crippen molar-refractivity contribution in [3.05, 3.63) is 90.9 Å². The zero-order chi connectivity index (χ0) is 21.1. The Kier molecular flexibility index (Phi) is 5.40. The van der Waals surface area contributed by atoms with Crippen LogP contribution < -0.4 is 11.0 Å². The summed E-state index contributed by atoms with van der Waals surface area (Å²) >= 11 is 0. The number of aromatic nitrogens is 2. The number of amides is 1. The summed E-state index contributed by atoms with van der Waals surface area (Å²) in [5.41, 5.74) is 5.15. The molecule has 0 atom stereocenters. The van der Waals surface area contributed by atoms with Gasteiger partial charge in [-0.15, -0.1) is 0 Å². The van der Waals surface area contributed by atoms with Gasteiger partial charge in [0.1, 0.15) is 5.56 Å². The molecule has 1 amide bonds. The lowest BCUT2D eigenvalue weighted by molar-refractivity contribution is -0.385. The maximum Gasteiger partial charge on any atom is 0.282 e. The van der Waals surface area contributed by atoms with Crippen LogP contribution >= 0.6 is 0 Å². The summed E-state index contributed by atoms with van der Waals surface area (Å²) in [5.74, 6) is -0.740. The van der Waals surface area contributed by atoms with E-state index in [4.69, 9.17) is 0 Å². The van der Waals surface area contributed by atoms with Gasteiger partial charge in [-0.2, -0.15) is 5.10 Å². The number of hydrazone groups is 1. The highest BCUT2D eigenvalue weighted by Gasteiger charge is 2.18. The first-order valence-corrected chi connectivity index (χ1v) is 8.75. The number of rotatable bonds is 5. The quantitative estimate of drug-likeness (QED) is 0.393. The summed E-state index contributed by atoms with van der Waals surface area (Å²) in [5, 5.41) is 17.8. The maximum atomic E-state index is 12.7. The predicted molar refractivity (Wildman–Crippen MR) is 109 cm³/mol. The second kappa shape index (κ2) is 7.93. The number of nitro groups is 1. The number of nitrogens with zero attached hydrogens (tertiary/aromatic N) is 3. The fourth-order valence-electron chi connectivity index (χ4n) is 2.80. The summed E-state index contributed by atoms with van der Waals surface area (Å²) in [6.07, 6.45) is 1.22. The van der Waals surface area contributed by atoms with E-state index in [1.807, 2.05) is 32.0 Å². The molecule has 3 rings (SSSR count). The van der Waals surface area contributed by atoms with Crippen molar-refractivity contribution >= 4 is 17.8 Å². The number of benzene rings is 2. The summed E-state index contributed by atoms with van der Waals surface area (Å²) in [7, 11) is 0. The van der Waals surface area contributed by atoms with Gasteiger partial charge in [-0.1, -0.05) is 18.2 Å². The molecule has 0 aliphatic carbocycles. The molecule has 9 nitrogen and oxygen atoms in total. The van der Waals surface area contributed by atoms with Gasteiger partial charge >= 0.3 is 0 Å². The molecular weight excluding hydrogens is 374 g/mol. The van der Waals surface area contributed by atoms with Crippen molar-refractivity contribution < 1.29 is 9.72 Å². The topological polar surface area (TPSA) is 122 Å². The fourth-order valence-corrected chi connectivity index (χ4v) is 2.80. The van der Waals surface area contributed by atoms with Crippen molar-refractivity contribution in [2.75, 3.05) is 0 Å². The van der Waals surface area contributed by atoms with E-state index in [1.54, 1.807) is 6.92 Å². The highest BCUT2D eigenvalue weighted by molar-refractivity contribution is 5.98. The molecule has 0 aliphatic rings. The standard InChI is InChI=1S/C20H19N5O4/c1-12-8-9-15(10-13(12)2)24-20(27)17(14(3)23-24)11-21-22-19(26)16-6-4-5-7-18(16)25(28)29/h4-11,23H,1-3H3,(H,22,26)/b21-11-. The highest BCUT2D eigenvalue weighted by Crippen LogP contribution is 2.17. The molecular formula is C20H19N5O4. The first-order valence-electron chi connectivity index (χ1n) is 8.75. The van der Waals surface area contributed by atoms with E-state index in [0.29, 0.717) is 11.4 Å². The van der Waals surface area contributed by atoms with Crippen LogP contribution in [0.5, 0.6) is 0 Å². The third-order valence-corrected chi connectivity index (χ3v) is 4.57.